The lowest BCUT2D eigenvalue weighted by Crippen LogP contribution is -2.37. The highest BCUT2D eigenvalue weighted by Gasteiger charge is 2.32. The topological polar surface area (TPSA) is 83.5 Å². The summed E-state index contributed by atoms with van der Waals surface area (Å²) in [5, 5.41) is 9.02. The molecule has 1 aliphatic rings. The van der Waals surface area contributed by atoms with Crippen LogP contribution in [-0.2, 0) is 14.8 Å². The first-order valence-electron chi connectivity index (χ1n) is 8.03. The third-order valence-corrected chi connectivity index (χ3v) is 6.07. The molecule has 0 aromatic rings. The van der Waals surface area contributed by atoms with Gasteiger partial charge in [-0.25, -0.2) is 13.1 Å². The van der Waals surface area contributed by atoms with Crippen molar-refractivity contribution in [3.63, 3.8) is 0 Å². The second-order valence-electron chi connectivity index (χ2n) is 6.68. The standard InChI is InChI=1S/C16H29NO4S/c1-5-6-22(20,21)17-10-14-7-12(4)13(9-16(18)19)8-15(14)11(2)3/h7,11,13-15,17H,5-6,8-10H2,1-4H3,(H,18,19)/t13-,14-,15-/m0/s1. The van der Waals surface area contributed by atoms with Crippen molar-refractivity contribution in [3.05, 3.63) is 11.6 Å². The van der Waals surface area contributed by atoms with E-state index in [0.717, 1.165) is 12.0 Å². The number of aliphatic carboxylic acids is 1. The molecule has 3 atom stereocenters. The van der Waals surface area contributed by atoms with Crippen molar-refractivity contribution in [2.24, 2.45) is 23.7 Å². The minimum atomic E-state index is -3.20. The second-order valence-corrected chi connectivity index (χ2v) is 8.61. The number of nitrogens with one attached hydrogen (secondary N) is 1. The molecule has 0 unspecified atom stereocenters. The smallest absolute Gasteiger partial charge is 0.303 e. The second kappa shape index (κ2) is 8.11. The maximum Gasteiger partial charge on any atom is 0.303 e. The van der Waals surface area contributed by atoms with Gasteiger partial charge in [0.1, 0.15) is 0 Å². The van der Waals surface area contributed by atoms with Crippen LogP contribution in [0.2, 0.25) is 0 Å². The Morgan fingerprint density at radius 1 is 1.45 bits per heavy atom. The molecule has 2 N–H and O–H groups in total. The van der Waals surface area contributed by atoms with Crippen LogP contribution in [0, 0.1) is 23.7 Å². The van der Waals surface area contributed by atoms with Gasteiger partial charge < -0.3 is 5.11 Å². The fourth-order valence-electron chi connectivity index (χ4n) is 3.28. The molecular weight excluding hydrogens is 302 g/mol. The number of carboxylic acids is 1. The lowest BCUT2D eigenvalue weighted by atomic mass is 9.70. The molecule has 0 heterocycles. The van der Waals surface area contributed by atoms with Crippen molar-refractivity contribution in [3.8, 4) is 0 Å². The van der Waals surface area contributed by atoms with Gasteiger partial charge in [-0.2, -0.15) is 0 Å². The van der Waals surface area contributed by atoms with Gasteiger partial charge in [0.2, 0.25) is 10.0 Å². The molecule has 0 fully saturated rings. The van der Waals surface area contributed by atoms with Crippen LogP contribution in [0.4, 0.5) is 0 Å². The molecule has 128 valence electrons. The van der Waals surface area contributed by atoms with Crippen LogP contribution in [0.15, 0.2) is 11.6 Å². The average Bonchev–Trinajstić information content (AvgIpc) is 2.38. The van der Waals surface area contributed by atoms with Crippen molar-refractivity contribution >= 4 is 16.0 Å². The Labute approximate surface area is 134 Å². The quantitative estimate of drug-likeness (QED) is 0.670. The Kier molecular flexibility index (Phi) is 7.06. The van der Waals surface area contributed by atoms with E-state index in [2.05, 4.69) is 24.6 Å². The van der Waals surface area contributed by atoms with E-state index < -0.39 is 16.0 Å². The number of hydrogen-bond acceptors (Lipinski definition) is 3. The third kappa shape index (κ3) is 5.72. The van der Waals surface area contributed by atoms with Gasteiger partial charge in [0, 0.05) is 6.54 Å². The Balaban J connectivity index is 2.83. The van der Waals surface area contributed by atoms with Crippen LogP contribution in [0.1, 0.15) is 47.0 Å². The predicted molar refractivity (Wildman–Crippen MR) is 88.0 cm³/mol. The number of carboxylic acid groups (broad SMARTS) is 1. The molecule has 1 aliphatic carbocycles. The van der Waals surface area contributed by atoms with Gasteiger partial charge in [-0.1, -0.05) is 32.4 Å². The molecule has 0 aromatic heterocycles. The fraction of sp³-hybridized carbons (Fsp3) is 0.812. The van der Waals surface area contributed by atoms with Crippen LogP contribution in [0.5, 0.6) is 0 Å². The third-order valence-electron chi connectivity index (χ3n) is 4.52. The van der Waals surface area contributed by atoms with E-state index in [1.54, 1.807) is 0 Å². The Hall–Kier alpha value is -0.880. The lowest BCUT2D eigenvalue weighted by Gasteiger charge is -2.36. The molecular formula is C16H29NO4S. The van der Waals surface area contributed by atoms with Crippen LogP contribution >= 0.6 is 0 Å². The van der Waals surface area contributed by atoms with E-state index >= 15 is 0 Å². The van der Waals surface area contributed by atoms with Gasteiger partial charge in [-0.3, -0.25) is 4.79 Å². The van der Waals surface area contributed by atoms with E-state index in [0.29, 0.717) is 24.8 Å². The normalized spacial score (nSPS) is 26.0. The van der Waals surface area contributed by atoms with Crippen LogP contribution < -0.4 is 4.72 Å². The van der Waals surface area contributed by atoms with Gasteiger partial charge in [0.05, 0.1) is 12.2 Å². The molecule has 0 saturated heterocycles. The number of sulfonamides is 1. The highest BCUT2D eigenvalue weighted by atomic mass is 32.2. The molecule has 0 radical (unpaired) electrons. The number of allylic oxidation sites excluding steroid dienone is 1. The molecule has 5 nitrogen and oxygen atoms in total. The van der Waals surface area contributed by atoms with Crippen LogP contribution in [0.3, 0.4) is 0 Å². The lowest BCUT2D eigenvalue weighted by molar-refractivity contribution is -0.138. The molecule has 0 saturated carbocycles. The summed E-state index contributed by atoms with van der Waals surface area (Å²) in [5.74, 6) is 0.266. The first kappa shape index (κ1) is 19.2. The predicted octanol–water partition coefficient (Wildman–Crippen LogP) is 2.65. The minimum Gasteiger partial charge on any atom is -0.481 e. The van der Waals surface area contributed by atoms with Gasteiger partial charge in [-0.15, -0.1) is 0 Å². The molecule has 22 heavy (non-hydrogen) atoms. The van der Waals surface area contributed by atoms with E-state index in [4.69, 9.17) is 5.11 Å². The van der Waals surface area contributed by atoms with Gasteiger partial charge in [0.25, 0.3) is 0 Å². The SMILES string of the molecule is CCCS(=O)(=O)NC[C@@H]1C=C(C)[C@H](CC(=O)O)C[C@H]1C(C)C. The number of hydrogen-bond donors (Lipinski definition) is 2. The molecule has 0 bridgehead atoms. The Bertz CT molecular complexity index is 510. The summed E-state index contributed by atoms with van der Waals surface area (Å²) in [6, 6.07) is 0. The maximum atomic E-state index is 11.8. The summed E-state index contributed by atoms with van der Waals surface area (Å²) in [6.45, 7) is 8.44. The highest BCUT2D eigenvalue weighted by Crippen LogP contribution is 2.38. The molecule has 0 aliphatic heterocycles. The van der Waals surface area contributed by atoms with Crippen LogP contribution in [-0.4, -0.2) is 31.8 Å². The maximum absolute atomic E-state index is 11.8. The van der Waals surface area contributed by atoms with Gasteiger partial charge >= 0.3 is 5.97 Å². The van der Waals surface area contributed by atoms with E-state index in [1.807, 2.05) is 13.8 Å². The fourth-order valence-corrected chi connectivity index (χ4v) is 4.41. The van der Waals surface area contributed by atoms with Crippen LogP contribution in [0.25, 0.3) is 0 Å². The number of rotatable bonds is 8. The molecule has 1 rings (SSSR count). The van der Waals surface area contributed by atoms with E-state index in [9.17, 15) is 13.2 Å². The summed E-state index contributed by atoms with van der Waals surface area (Å²) in [7, 11) is -3.20. The summed E-state index contributed by atoms with van der Waals surface area (Å²) in [4.78, 5) is 11.0. The Morgan fingerprint density at radius 3 is 2.59 bits per heavy atom. The summed E-state index contributed by atoms with van der Waals surface area (Å²) in [6.07, 6.45) is 3.64. The van der Waals surface area contributed by atoms with Gasteiger partial charge in [-0.05, 0) is 43.4 Å². The van der Waals surface area contributed by atoms with E-state index in [1.165, 1.54) is 0 Å². The minimum absolute atomic E-state index is 0.0633. The summed E-state index contributed by atoms with van der Waals surface area (Å²) < 4.78 is 26.4. The zero-order valence-electron chi connectivity index (χ0n) is 14.0. The molecule has 0 aromatic carbocycles. The van der Waals surface area contributed by atoms with E-state index in [-0.39, 0.29) is 24.0 Å². The molecule has 6 heteroatoms. The zero-order valence-corrected chi connectivity index (χ0v) is 14.8. The number of carbonyl (C=O) groups is 1. The van der Waals surface area contributed by atoms with Crippen molar-refractivity contribution in [2.75, 3.05) is 12.3 Å². The molecule has 0 spiro atoms. The molecule has 0 amide bonds. The van der Waals surface area contributed by atoms with Crippen molar-refractivity contribution < 1.29 is 18.3 Å². The van der Waals surface area contributed by atoms with Crippen molar-refractivity contribution in [1.82, 2.24) is 4.72 Å². The first-order valence-corrected chi connectivity index (χ1v) is 9.69. The first-order chi connectivity index (χ1) is 10.2. The van der Waals surface area contributed by atoms with Crippen molar-refractivity contribution in [2.45, 2.75) is 47.0 Å². The van der Waals surface area contributed by atoms with Crippen molar-refractivity contribution in [1.29, 1.82) is 0 Å². The largest absolute Gasteiger partial charge is 0.481 e. The zero-order chi connectivity index (χ0) is 16.9. The Morgan fingerprint density at radius 2 is 2.09 bits per heavy atom. The summed E-state index contributed by atoms with van der Waals surface area (Å²) >= 11 is 0. The average molecular weight is 331 g/mol. The van der Waals surface area contributed by atoms with Gasteiger partial charge in [0.15, 0.2) is 0 Å². The highest BCUT2D eigenvalue weighted by molar-refractivity contribution is 7.89. The monoisotopic (exact) mass is 331 g/mol. The summed E-state index contributed by atoms with van der Waals surface area (Å²) in [5.41, 5.74) is 1.07.